The summed E-state index contributed by atoms with van der Waals surface area (Å²) in [4.78, 5) is 28.8. The number of rotatable bonds is 8. The molecule has 1 unspecified atom stereocenters. The number of nitrogens with one attached hydrogen (secondary N) is 1. The Morgan fingerprint density at radius 2 is 1.88 bits per heavy atom. The van der Waals surface area contributed by atoms with Crippen molar-refractivity contribution in [3.63, 3.8) is 0 Å². The molecule has 0 spiro atoms. The lowest BCUT2D eigenvalue weighted by atomic mass is 10.3. The van der Waals surface area contributed by atoms with Gasteiger partial charge in [0.2, 0.25) is 5.91 Å². The van der Waals surface area contributed by atoms with E-state index in [1.54, 1.807) is 20.1 Å². The van der Waals surface area contributed by atoms with Crippen molar-refractivity contribution in [3.05, 3.63) is 47.4 Å². The molecule has 0 saturated carbocycles. The predicted molar refractivity (Wildman–Crippen MR) is 98.7 cm³/mol. The third-order valence-corrected chi connectivity index (χ3v) is 4.27. The maximum atomic E-state index is 12.7. The summed E-state index contributed by atoms with van der Waals surface area (Å²) in [5.74, 6) is -0.0863. The van der Waals surface area contributed by atoms with Gasteiger partial charge in [-0.1, -0.05) is 19.1 Å². The molecule has 138 valence electrons. The molecule has 0 saturated heterocycles. The molecular formula is C18H24N6O2. The molecule has 0 aliphatic rings. The fourth-order valence-corrected chi connectivity index (χ4v) is 3.14. The monoisotopic (exact) mass is 356 g/mol. The minimum atomic E-state index is -0.0863. The molecule has 0 bridgehead atoms. The second-order valence-corrected chi connectivity index (χ2v) is 6.41. The molecule has 8 heteroatoms. The average molecular weight is 356 g/mol. The van der Waals surface area contributed by atoms with E-state index in [9.17, 15) is 9.59 Å². The first-order valence-corrected chi connectivity index (χ1v) is 8.90. The Labute approximate surface area is 151 Å². The molecule has 1 N–H and O–H groups in total. The van der Waals surface area contributed by atoms with E-state index in [1.807, 2.05) is 38.1 Å². The summed E-state index contributed by atoms with van der Waals surface area (Å²) in [5, 5.41) is 6.97. The second kappa shape index (κ2) is 7.99. The smallest absolute Gasteiger partial charge is 0.329 e. The molecule has 26 heavy (non-hydrogen) atoms. The van der Waals surface area contributed by atoms with Gasteiger partial charge in [0.15, 0.2) is 0 Å². The molecule has 2 aromatic heterocycles. The molecule has 1 amide bonds. The quantitative estimate of drug-likeness (QED) is 0.661. The number of hydrogen-bond acceptors (Lipinski definition) is 4. The lowest BCUT2D eigenvalue weighted by Gasteiger charge is -2.13. The Hall–Kier alpha value is -2.90. The van der Waals surface area contributed by atoms with Crippen LogP contribution in [0.15, 0.2) is 41.7 Å². The van der Waals surface area contributed by atoms with Gasteiger partial charge in [-0.15, -0.1) is 0 Å². The van der Waals surface area contributed by atoms with Gasteiger partial charge in [-0.3, -0.25) is 18.6 Å². The van der Waals surface area contributed by atoms with Gasteiger partial charge in [0, 0.05) is 25.6 Å². The van der Waals surface area contributed by atoms with E-state index in [1.165, 1.54) is 6.33 Å². The van der Waals surface area contributed by atoms with Gasteiger partial charge in [-0.2, -0.15) is 5.10 Å². The van der Waals surface area contributed by atoms with Gasteiger partial charge in [0.05, 0.1) is 17.6 Å². The fraction of sp³-hybridized carbons (Fsp3) is 0.444. The minimum absolute atomic E-state index is 0.0588. The van der Waals surface area contributed by atoms with Gasteiger partial charge in [-0.05, 0) is 25.5 Å². The van der Waals surface area contributed by atoms with Crippen molar-refractivity contribution in [2.24, 2.45) is 0 Å². The van der Waals surface area contributed by atoms with Crippen LogP contribution in [0.1, 0.15) is 26.7 Å². The number of fused-ring (bicyclic) bond motifs is 1. The number of imidazole rings is 1. The standard InChI is InChI=1S/C18H24N6O2/c1-3-9-23-15-6-4-5-7-16(15)24(18(23)26)10-8-17(25)21-14(2)11-22-13-19-12-20-22/h4-7,12-14H,3,8-11H2,1-2H3,(H,21,25). The van der Waals surface area contributed by atoms with E-state index in [0.29, 0.717) is 19.6 Å². The van der Waals surface area contributed by atoms with E-state index in [4.69, 9.17) is 0 Å². The third kappa shape index (κ3) is 3.84. The molecule has 3 aromatic rings. The highest BCUT2D eigenvalue weighted by Crippen LogP contribution is 2.13. The first-order chi connectivity index (χ1) is 12.6. The normalized spacial score (nSPS) is 12.4. The van der Waals surface area contributed by atoms with Crippen LogP contribution in [-0.2, 0) is 24.4 Å². The van der Waals surface area contributed by atoms with Crippen LogP contribution in [0.4, 0.5) is 0 Å². The Morgan fingerprint density at radius 3 is 2.50 bits per heavy atom. The number of carbonyl (C=O) groups excluding carboxylic acids is 1. The van der Waals surface area contributed by atoms with Crippen molar-refractivity contribution >= 4 is 16.9 Å². The summed E-state index contributed by atoms with van der Waals surface area (Å²) in [6.07, 6.45) is 4.22. The maximum absolute atomic E-state index is 12.7. The van der Waals surface area contributed by atoms with Crippen molar-refractivity contribution in [1.29, 1.82) is 0 Å². The largest absolute Gasteiger partial charge is 0.352 e. The highest BCUT2D eigenvalue weighted by molar-refractivity contribution is 5.78. The van der Waals surface area contributed by atoms with Crippen molar-refractivity contribution in [3.8, 4) is 0 Å². The Bertz CT molecular complexity index is 925. The van der Waals surface area contributed by atoms with E-state index < -0.39 is 0 Å². The highest BCUT2D eigenvalue weighted by atomic mass is 16.2. The van der Waals surface area contributed by atoms with Crippen LogP contribution in [0.25, 0.3) is 11.0 Å². The Morgan fingerprint density at radius 1 is 1.19 bits per heavy atom. The van der Waals surface area contributed by atoms with Crippen molar-refractivity contribution in [2.75, 3.05) is 0 Å². The van der Waals surface area contributed by atoms with Gasteiger partial charge in [0.1, 0.15) is 12.7 Å². The molecule has 0 fully saturated rings. The maximum Gasteiger partial charge on any atom is 0.329 e. The Balaban J connectivity index is 1.66. The fourth-order valence-electron chi connectivity index (χ4n) is 3.14. The summed E-state index contributed by atoms with van der Waals surface area (Å²) < 4.78 is 5.14. The summed E-state index contributed by atoms with van der Waals surface area (Å²) >= 11 is 0. The first kappa shape index (κ1) is 17.9. The van der Waals surface area contributed by atoms with E-state index in [0.717, 1.165) is 17.5 Å². The molecule has 2 heterocycles. The van der Waals surface area contributed by atoms with Gasteiger partial charge in [-0.25, -0.2) is 9.78 Å². The second-order valence-electron chi connectivity index (χ2n) is 6.41. The van der Waals surface area contributed by atoms with Crippen LogP contribution in [0, 0.1) is 0 Å². The Kier molecular flexibility index (Phi) is 5.50. The number of carbonyl (C=O) groups is 1. The predicted octanol–water partition coefficient (Wildman–Crippen LogP) is 1.40. The van der Waals surface area contributed by atoms with Crippen molar-refractivity contribution < 1.29 is 4.79 Å². The number of hydrogen-bond donors (Lipinski definition) is 1. The molecule has 1 atom stereocenters. The molecule has 0 aliphatic heterocycles. The number of aryl methyl sites for hydroxylation is 2. The van der Waals surface area contributed by atoms with Crippen LogP contribution in [0.5, 0.6) is 0 Å². The highest BCUT2D eigenvalue weighted by Gasteiger charge is 2.14. The van der Waals surface area contributed by atoms with E-state index in [-0.39, 0.29) is 24.1 Å². The number of nitrogens with zero attached hydrogens (tertiary/aromatic N) is 5. The lowest BCUT2D eigenvalue weighted by molar-refractivity contribution is -0.122. The number of benzene rings is 1. The van der Waals surface area contributed by atoms with Crippen LogP contribution in [0.2, 0.25) is 0 Å². The summed E-state index contributed by atoms with van der Waals surface area (Å²) in [6.45, 7) is 5.55. The first-order valence-electron chi connectivity index (χ1n) is 8.90. The molecule has 8 nitrogen and oxygen atoms in total. The third-order valence-electron chi connectivity index (χ3n) is 4.27. The molecule has 0 aliphatic carbocycles. The SMILES string of the molecule is CCCn1c(=O)n(CCC(=O)NC(C)Cn2cncn2)c2ccccc21. The number of para-hydroxylation sites is 2. The van der Waals surface area contributed by atoms with Crippen LogP contribution in [0.3, 0.4) is 0 Å². The average Bonchev–Trinajstić information content (AvgIpc) is 3.21. The summed E-state index contributed by atoms with van der Waals surface area (Å²) in [6, 6.07) is 7.64. The summed E-state index contributed by atoms with van der Waals surface area (Å²) in [7, 11) is 0. The topological polar surface area (TPSA) is 86.7 Å². The van der Waals surface area contributed by atoms with Crippen molar-refractivity contribution in [1.82, 2.24) is 29.2 Å². The van der Waals surface area contributed by atoms with Gasteiger partial charge >= 0.3 is 5.69 Å². The zero-order chi connectivity index (χ0) is 18.5. The lowest BCUT2D eigenvalue weighted by Crippen LogP contribution is -2.36. The van der Waals surface area contributed by atoms with Crippen LogP contribution >= 0.6 is 0 Å². The zero-order valence-electron chi connectivity index (χ0n) is 15.1. The van der Waals surface area contributed by atoms with Crippen LogP contribution < -0.4 is 11.0 Å². The van der Waals surface area contributed by atoms with Gasteiger partial charge in [0.25, 0.3) is 0 Å². The number of amides is 1. The van der Waals surface area contributed by atoms with E-state index in [2.05, 4.69) is 15.4 Å². The minimum Gasteiger partial charge on any atom is -0.352 e. The van der Waals surface area contributed by atoms with E-state index >= 15 is 0 Å². The van der Waals surface area contributed by atoms with Crippen molar-refractivity contribution in [2.45, 2.75) is 52.4 Å². The van der Waals surface area contributed by atoms with Crippen LogP contribution in [-0.4, -0.2) is 35.8 Å². The summed E-state index contributed by atoms with van der Waals surface area (Å²) in [5.41, 5.74) is 1.73. The van der Waals surface area contributed by atoms with Gasteiger partial charge < -0.3 is 5.32 Å². The molecule has 1 aromatic carbocycles. The number of aromatic nitrogens is 5. The molecule has 3 rings (SSSR count). The zero-order valence-corrected chi connectivity index (χ0v) is 15.1. The molecule has 0 radical (unpaired) electrons. The molecular weight excluding hydrogens is 332 g/mol.